The Morgan fingerprint density at radius 3 is 2.81 bits per heavy atom. The Labute approximate surface area is 94.6 Å². The van der Waals surface area contributed by atoms with E-state index in [1.807, 2.05) is 26.5 Å². The van der Waals surface area contributed by atoms with E-state index in [4.69, 9.17) is 0 Å². The van der Waals surface area contributed by atoms with Gasteiger partial charge in [-0.2, -0.15) is 0 Å². The molecule has 2 aromatic heterocycles. The van der Waals surface area contributed by atoms with Crippen LogP contribution in [0.3, 0.4) is 0 Å². The zero-order valence-electron chi connectivity index (χ0n) is 9.51. The molecule has 0 spiro atoms. The molecule has 0 amide bonds. The monoisotopic (exact) mass is 217 g/mol. The van der Waals surface area contributed by atoms with Crippen LogP contribution in [0.25, 0.3) is 0 Å². The summed E-state index contributed by atoms with van der Waals surface area (Å²) in [4.78, 5) is 12.7. The van der Waals surface area contributed by atoms with Crippen molar-refractivity contribution in [1.82, 2.24) is 24.8 Å². The van der Waals surface area contributed by atoms with Gasteiger partial charge in [-0.1, -0.05) is 0 Å². The number of nitrogens with one attached hydrogen (secondary N) is 1. The first-order valence-corrected chi connectivity index (χ1v) is 5.20. The van der Waals surface area contributed by atoms with Crippen molar-refractivity contribution >= 4 is 0 Å². The minimum absolute atomic E-state index is 0.713. The second-order valence-corrected chi connectivity index (χ2v) is 3.69. The van der Waals surface area contributed by atoms with Gasteiger partial charge in [-0.3, -0.25) is 9.97 Å². The third-order valence-electron chi connectivity index (χ3n) is 2.32. The summed E-state index contributed by atoms with van der Waals surface area (Å²) < 4.78 is 2.07. The predicted molar refractivity (Wildman–Crippen MR) is 60.9 cm³/mol. The molecule has 0 fully saturated rings. The van der Waals surface area contributed by atoms with Crippen LogP contribution in [0.1, 0.15) is 17.1 Å². The van der Waals surface area contributed by atoms with Crippen LogP contribution in [-0.2, 0) is 13.1 Å². The van der Waals surface area contributed by atoms with Gasteiger partial charge in [-0.25, -0.2) is 4.98 Å². The summed E-state index contributed by atoms with van der Waals surface area (Å²) >= 11 is 0. The maximum Gasteiger partial charge on any atom is 0.0952 e. The highest BCUT2D eigenvalue weighted by Crippen LogP contribution is 2.03. The van der Waals surface area contributed by atoms with Gasteiger partial charge < -0.3 is 9.88 Å². The van der Waals surface area contributed by atoms with E-state index in [1.165, 1.54) is 0 Å². The van der Waals surface area contributed by atoms with Crippen LogP contribution in [0, 0.1) is 6.92 Å². The van der Waals surface area contributed by atoms with Crippen molar-refractivity contribution in [1.29, 1.82) is 0 Å². The third kappa shape index (κ3) is 2.43. The number of nitrogens with zero attached hydrogens (tertiary/aromatic N) is 4. The zero-order valence-corrected chi connectivity index (χ0v) is 9.51. The van der Waals surface area contributed by atoms with Gasteiger partial charge in [0.2, 0.25) is 0 Å². The molecule has 0 aliphatic carbocycles. The second kappa shape index (κ2) is 4.85. The number of hydrogen-bond acceptors (Lipinski definition) is 4. The van der Waals surface area contributed by atoms with E-state index in [1.54, 1.807) is 12.4 Å². The summed E-state index contributed by atoms with van der Waals surface area (Å²) in [6.45, 7) is 3.45. The molecule has 2 rings (SSSR count). The molecule has 0 aliphatic rings. The summed E-state index contributed by atoms with van der Waals surface area (Å²) in [5.41, 5.74) is 3.02. The van der Waals surface area contributed by atoms with E-state index in [9.17, 15) is 0 Å². The largest absolute Gasteiger partial charge is 0.327 e. The highest BCUT2D eigenvalue weighted by Gasteiger charge is 2.02. The third-order valence-corrected chi connectivity index (χ3v) is 2.32. The number of imidazole rings is 1. The summed E-state index contributed by atoms with van der Waals surface area (Å²) in [6.07, 6.45) is 7.26. The first kappa shape index (κ1) is 10.8. The lowest BCUT2D eigenvalue weighted by atomic mass is 10.4. The van der Waals surface area contributed by atoms with Crippen LogP contribution in [-0.4, -0.2) is 26.6 Å². The standard InChI is InChI=1S/C11H15N5/c1-9-3-15-10(4-14-9)7-16-8-13-6-11(16)5-12-2/h3-4,6,8,12H,5,7H2,1-2H3. The fraction of sp³-hybridized carbons (Fsp3) is 0.364. The Morgan fingerprint density at radius 1 is 1.25 bits per heavy atom. The molecule has 1 N–H and O–H groups in total. The molecule has 2 aromatic rings. The minimum Gasteiger partial charge on any atom is -0.327 e. The Morgan fingerprint density at radius 2 is 2.12 bits per heavy atom. The van der Waals surface area contributed by atoms with Gasteiger partial charge in [0.1, 0.15) is 0 Å². The predicted octanol–water partition coefficient (Wildman–Crippen LogP) is 0.749. The lowest BCUT2D eigenvalue weighted by Crippen LogP contribution is -2.12. The van der Waals surface area contributed by atoms with Crippen LogP contribution in [0.2, 0.25) is 0 Å². The summed E-state index contributed by atoms with van der Waals surface area (Å²) in [7, 11) is 1.92. The maximum atomic E-state index is 4.32. The van der Waals surface area contributed by atoms with Crippen molar-refractivity contribution in [3.05, 3.63) is 42.0 Å². The first-order valence-electron chi connectivity index (χ1n) is 5.20. The SMILES string of the molecule is CNCc1cncn1Cc1cnc(C)cn1. The molecule has 84 valence electrons. The molecule has 16 heavy (non-hydrogen) atoms. The highest BCUT2D eigenvalue weighted by molar-refractivity contribution is 5.05. The molecule has 0 saturated heterocycles. The molecule has 2 heterocycles. The van der Waals surface area contributed by atoms with Gasteiger partial charge >= 0.3 is 0 Å². The van der Waals surface area contributed by atoms with Crippen molar-refractivity contribution in [3.8, 4) is 0 Å². The lowest BCUT2D eigenvalue weighted by molar-refractivity contribution is 0.680. The highest BCUT2D eigenvalue weighted by atomic mass is 15.1. The van der Waals surface area contributed by atoms with Gasteiger partial charge in [-0.15, -0.1) is 0 Å². The second-order valence-electron chi connectivity index (χ2n) is 3.69. The van der Waals surface area contributed by atoms with Gasteiger partial charge in [0.05, 0.1) is 36.2 Å². The topological polar surface area (TPSA) is 55.6 Å². The van der Waals surface area contributed by atoms with Crippen LogP contribution >= 0.6 is 0 Å². The van der Waals surface area contributed by atoms with E-state index in [0.717, 1.165) is 23.6 Å². The average molecular weight is 217 g/mol. The van der Waals surface area contributed by atoms with E-state index >= 15 is 0 Å². The Bertz CT molecular complexity index is 446. The van der Waals surface area contributed by atoms with Crippen molar-refractivity contribution in [2.45, 2.75) is 20.0 Å². The van der Waals surface area contributed by atoms with E-state index in [2.05, 4.69) is 24.8 Å². The number of aromatic nitrogens is 4. The first-order chi connectivity index (χ1) is 7.79. The van der Waals surface area contributed by atoms with Gasteiger partial charge in [-0.05, 0) is 14.0 Å². The maximum absolute atomic E-state index is 4.32. The van der Waals surface area contributed by atoms with Crippen LogP contribution in [0.4, 0.5) is 0 Å². The van der Waals surface area contributed by atoms with E-state index in [-0.39, 0.29) is 0 Å². The quantitative estimate of drug-likeness (QED) is 0.821. The molecular weight excluding hydrogens is 202 g/mol. The molecule has 5 heteroatoms. The fourth-order valence-electron chi connectivity index (χ4n) is 1.49. The van der Waals surface area contributed by atoms with Crippen LogP contribution < -0.4 is 5.32 Å². The normalized spacial score (nSPS) is 10.6. The minimum atomic E-state index is 0.713. The smallest absolute Gasteiger partial charge is 0.0952 e. The average Bonchev–Trinajstić information content (AvgIpc) is 2.70. The molecular formula is C11H15N5. The molecule has 0 aromatic carbocycles. The van der Waals surface area contributed by atoms with Gasteiger partial charge in [0, 0.05) is 18.9 Å². The summed E-state index contributed by atoms with van der Waals surface area (Å²) in [5, 5.41) is 3.11. The summed E-state index contributed by atoms with van der Waals surface area (Å²) in [5.74, 6) is 0. The zero-order chi connectivity index (χ0) is 11.4. The van der Waals surface area contributed by atoms with Crippen LogP contribution in [0.5, 0.6) is 0 Å². The molecule has 0 unspecified atom stereocenters. The number of aryl methyl sites for hydroxylation is 1. The lowest BCUT2D eigenvalue weighted by Gasteiger charge is -2.06. The molecule has 0 aliphatic heterocycles. The van der Waals surface area contributed by atoms with Crippen molar-refractivity contribution in [3.63, 3.8) is 0 Å². The van der Waals surface area contributed by atoms with Crippen molar-refractivity contribution in [2.24, 2.45) is 0 Å². The van der Waals surface area contributed by atoms with Crippen molar-refractivity contribution in [2.75, 3.05) is 7.05 Å². The molecule has 0 radical (unpaired) electrons. The van der Waals surface area contributed by atoms with E-state index in [0.29, 0.717) is 6.54 Å². The number of hydrogen-bond donors (Lipinski definition) is 1. The Hall–Kier alpha value is -1.75. The Balaban J connectivity index is 2.13. The van der Waals surface area contributed by atoms with E-state index < -0.39 is 0 Å². The van der Waals surface area contributed by atoms with Gasteiger partial charge in [0.25, 0.3) is 0 Å². The van der Waals surface area contributed by atoms with Crippen LogP contribution in [0.15, 0.2) is 24.9 Å². The van der Waals surface area contributed by atoms with Crippen molar-refractivity contribution < 1.29 is 0 Å². The number of rotatable bonds is 4. The molecule has 0 saturated carbocycles. The molecule has 0 bridgehead atoms. The molecule has 0 atom stereocenters. The Kier molecular flexibility index (Phi) is 3.26. The summed E-state index contributed by atoms with van der Waals surface area (Å²) in [6, 6.07) is 0. The van der Waals surface area contributed by atoms with Gasteiger partial charge in [0.15, 0.2) is 0 Å². The fourth-order valence-corrected chi connectivity index (χ4v) is 1.49. The molecule has 5 nitrogen and oxygen atoms in total.